The molecular formula is C13H18BrNO3S. The number of benzene rings is 1. The van der Waals surface area contributed by atoms with Crippen molar-refractivity contribution < 1.29 is 13.2 Å². The maximum atomic E-state index is 12.5. The molecular weight excluding hydrogens is 330 g/mol. The Morgan fingerprint density at radius 1 is 1.47 bits per heavy atom. The minimum Gasteiger partial charge on any atom is -0.496 e. The molecule has 0 unspecified atom stereocenters. The minimum absolute atomic E-state index is 0.135. The van der Waals surface area contributed by atoms with Gasteiger partial charge >= 0.3 is 0 Å². The van der Waals surface area contributed by atoms with Gasteiger partial charge in [-0.25, -0.2) is 8.42 Å². The van der Waals surface area contributed by atoms with Crippen molar-refractivity contribution in [3.05, 3.63) is 35.3 Å². The Morgan fingerprint density at radius 2 is 2.11 bits per heavy atom. The molecule has 0 bridgehead atoms. The molecule has 4 nitrogen and oxygen atoms in total. The molecule has 0 saturated heterocycles. The predicted octanol–water partition coefficient (Wildman–Crippen LogP) is 3.04. The number of nitrogens with zero attached hydrogens (tertiary/aromatic N) is 1. The molecule has 19 heavy (non-hydrogen) atoms. The average molecular weight is 348 g/mol. The van der Waals surface area contributed by atoms with Crippen molar-refractivity contribution in [2.24, 2.45) is 0 Å². The summed E-state index contributed by atoms with van der Waals surface area (Å²) in [5, 5.41) is 0. The molecule has 0 aliphatic heterocycles. The second kappa shape index (κ2) is 6.54. The van der Waals surface area contributed by atoms with E-state index < -0.39 is 10.0 Å². The van der Waals surface area contributed by atoms with Crippen molar-refractivity contribution in [1.82, 2.24) is 4.31 Å². The van der Waals surface area contributed by atoms with Gasteiger partial charge in [0.15, 0.2) is 0 Å². The van der Waals surface area contributed by atoms with Crippen LogP contribution in [0.25, 0.3) is 0 Å². The van der Waals surface area contributed by atoms with Crippen LogP contribution in [0.4, 0.5) is 0 Å². The SMILES string of the molecule is C=CCN(C(C)C)S(=O)(=O)c1ccc(OC)c(Br)c1. The molecule has 0 saturated carbocycles. The van der Waals surface area contributed by atoms with Crippen molar-refractivity contribution >= 4 is 26.0 Å². The maximum Gasteiger partial charge on any atom is 0.243 e. The summed E-state index contributed by atoms with van der Waals surface area (Å²) in [5.74, 6) is 0.596. The Labute approximate surface area is 123 Å². The van der Waals surface area contributed by atoms with Gasteiger partial charge in [-0.05, 0) is 48.0 Å². The number of sulfonamides is 1. The van der Waals surface area contributed by atoms with Gasteiger partial charge in [0.25, 0.3) is 0 Å². The number of halogens is 1. The van der Waals surface area contributed by atoms with Crippen LogP contribution < -0.4 is 4.74 Å². The predicted molar refractivity (Wildman–Crippen MR) is 79.9 cm³/mol. The Bertz CT molecular complexity index is 555. The second-order valence-corrected chi connectivity index (χ2v) is 7.00. The van der Waals surface area contributed by atoms with Gasteiger partial charge in [-0.2, -0.15) is 4.31 Å². The summed E-state index contributed by atoms with van der Waals surface area (Å²) in [6.45, 7) is 7.55. The summed E-state index contributed by atoms with van der Waals surface area (Å²) >= 11 is 3.30. The summed E-state index contributed by atoms with van der Waals surface area (Å²) < 4.78 is 32.2. The number of ether oxygens (including phenoxy) is 1. The van der Waals surface area contributed by atoms with E-state index in [4.69, 9.17) is 4.74 Å². The fraction of sp³-hybridized carbons (Fsp3) is 0.385. The van der Waals surface area contributed by atoms with Crippen molar-refractivity contribution in [3.63, 3.8) is 0 Å². The van der Waals surface area contributed by atoms with Crippen LogP contribution in [0.3, 0.4) is 0 Å². The molecule has 0 radical (unpaired) electrons. The molecule has 1 aromatic rings. The lowest BCUT2D eigenvalue weighted by molar-refractivity contribution is 0.382. The van der Waals surface area contributed by atoms with E-state index in [1.54, 1.807) is 18.2 Å². The molecule has 0 atom stereocenters. The van der Waals surface area contributed by atoms with Crippen molar-refractivity contribution in [2.45, 2.75) is 24.8 Å². The molecule has 6 heteroatoms. The van der Waals surface area contributed by atoms with Crippen LogP contribution >= 0.6 is 15.9 Å². The van der Waals surface area contributed by atoms with E-state index in [1.807, 2.05) is 13.8 Å². The molecule has 1 rings (SSSR count). The second-order valence-electron chi connectivity index (χ2n) is 4.25. The topological polar surface area (TPSA) is 46.6 Å². The van der Waals surface area contributed by atoms with E-state index in [2.05, 4.69) is 22.5 Å². The first kappa shape index (κ1) is 16.2. The highest BCUT2D eigenvalue weighted by molar-refractivity contribution is 9.10. The maximum absolute atomic E-state index is 12.5. The molecule has 0 N–H and O–H groups in total. The lowest BCUT2D eigenvalue weighted by Gasteiger charge is -2.24. The van der Waals surface area contributed by atoms with E-state index in [9.17, 15) is 8.42 Å². The monoisotopic (exact) mass is 347 g/mol. The van der Waals surface area contributed by atoms with Gasteiger partial charge in [-0.1, -0.05) is 6.08 Å². The standard InChI is InChI=1S/C13H18BrNO3S/c1-5-8-15(10(2)3)19(16,17)11-6-7-13(18-4)12(14)9-11/h5-7,9-10H,1,8H2,2-4H3. The van der Waals surface area contributed by atoms with Crippen LogP contribution in [0.15, 0.2) is 40.2 Å². The van der Waals surface area contributed by atoms with E-state index in [1.165, 1.54) is 17.5 Å². The van der Waals surface area contributed by atoms with Crippen molar-refractivity contribution in [3.8, 4) is 5.75 Å². The number of hydrogen-bond acceptors (Lipinski definition) is 3. The normalized spacial score (nSPS) is 11.9. The molecule has 0 aliphatic carbocycles. The summed E-state index contributed by atoms with van der Waals surface area (Å²) in [6, 6.07) is 4.58. The summed E-state index contributed by atoms with van der Waals surface area (Å²) in [6.07, 6.45) is 1.58. The first-order chi connectivity index (χ1) is 8.84. The van der Waals surface area contributed by atoms with E-state index >= 15 is 0 Å². The van der Waals surface area contributed by atoms with Crippen LogP contribution in [0.2, 0.25) is 0 Å². The van der Waals surface area contributed by atoms with Gasteiger partial charge in [-0.15, -0.1) is 6.58 Å². The third-order valence-corrected chi connectivity index (χ3v) is 5.27. The molecule has 1 aromatic carbocycles. The Hall–Kier alpha value is -0.850. The van der Waals surface area contributed by atoms with Crippen LogP contribution in [-0.2, 0) is 10.0 Å². The fourth-order valence-corrected chi connectivity index (χ4v) is 3.98. The van der Waals surface area contributed by atoms with Gasteiger partial charge in [-0.3, -0.25) is 0 Å². The Kier molecular flexibility index (Phi) is 5.58. The largest absolute Gasteiger partial charge is 0.496 e. The zero-order valence-corrected chi connectivity index (χ0v) is 13.7. The van der Waals surface area contributed by atoms with E-state index in [-0.39, 0.29) is 17.5 Å². The highest BCUT2D eigenvalue weighted by Crippen LogP contribution is 2.29. The number of rotatable bonds is 6. The third-order valence-electron chi connectivity index (χ3n) is 2.61. The Morgan fingerprint density at radius 3 is 2.53 bits per heavy atom. The third kappa shape index (κ3) is 3.58. The molecule has 0 spiro atoms. The summed E-state index contributed by atoms with van der Waals surface area (Å²) in [7, 11) is -2.00. The van der Waals surface area contributed by atoms with Crippen LogP contribution in [-0.4, -0.2) is 32.4 Å². The number of hydrogen-bond donors (Lipinski definition) is 0. The molecule has 0 heterocycles. The average Bonchev–Trinajstić information content (AvgIpc) is 2.35. The van der Waals surface area contributed by atoms with Crippen molar-refractivity contribution in [1.29, 1.82) is 0 Å². The first-order valence-corrected chi connectivity index (χ1v) is 8.04. The van der Waals surface area contributed by atoms with Crippen LogP contribution in [0, 0.1) is 0 Å². The summed E-state index contributed by atoms with van der Waals surface area (Å²) in [4.78, 5) is 0.232. The Balaban J connectivity index is 3.25. The first-order valence-electron chi connectivity index (χ1n) is 5.81. The summed E-state index contributed by atoms with van der Waals surface area (Å²) in [5.41, 5.74) is 0. The zero-order chi connectivity index (χ0) is 14.6. The van der Waals surface area contributed by atoms with Gasteiger partial charge in [0.2, 0.25) is 10.0 Å². The molecule has 0 amide bonds. The lowest BCUT2D eigenvalue weighted by atomic mass is 10.3. The quantitative estimate of drug-likeness (QED) is 0.743. The van der Waals surface area contributed by atoms with E-state index in [0.717, 1.165) is 0 Å². The van der Waals surface area contributed by atoms with Crippen molar-refractivity contribution in [2.75, 3.05) is 13.7 Å². The number of methoxy groups -OCH3 is 1. The van der Waals surface area contributed by atoms with Crippen LogP contribution in [0.5, 0.6) is 5.75 Å². The minimum atomic E-state index is -3.53. The smallest absolute Gasteiger partial charge is 0.243 e. The van der Waals surface area contributed by atoms with E-state index in [0.29, 0.717) is 10.2 Å². The molecule has 106 valence electrons. The van der Waals surface area contributed by atoms with Gasteiger partial charge in [0, 0.05) is 12.6 Å². The highest BCUT2D eigenvalue weighted by atomic mass is 79.9. The molecule has 0 aliphatic rings. The van der Waals surface area contributed by atoms with Crippen LogP contribution in [0.1, 0.15) is 13.8 Å². The molecule has 0 aromatic heterocycles. The van der Waals surface area contributed by atoms with Gasteiger partial charge < -0.3 is 4.74 Å². The zero-order valence-electron chi connectivity index (χ0n) is 11.3. The van der Waals surface area contributed by atoms with Gasteiger partial charge in [0.05, 0.1) is 16.5 Å². The van der Waals surface area contributed by atoms with Gasteiger partial charge in [0.1, 0.15) is 5.75 Å². The molecule has 0 fully saturated rings. The fourth-order valence-electron chi connectivity index (χ4n) is 1.66. The highest BCUT2D eigenvalue weighted by Gasteiger charge is 2.26. The lowest BCUT2D eigenvalue weighted by Crippen LogP contribution is -2.37.